The van der Waals surface area contributed by atoms with E-state index in [0.717, 1.165) is 12.1 Å². The molecule has 12 N–H and O–H groups in total. The SMILES string of the molecule is C[N+](C)(O)CCNc1ccc(NCC[N+](C)(C)O)c2c1C(=O)c1c(O)ccc(O)c1C2=O.O=C1c2c(O)ccc(O)c2C(=O)c2c(NCC[N+](O)(CCF)CCF)ccc(NCC[N+](O)(CCF)CCF)c21. The normalized spacial score (nSPS) is 13.4. The molecule has 0 radical (unpaired) electrons. The van der Waals surface area contributed by atoms with Crippen LogP contribution in [0.4, 0.5) is 40.3 Å². The lowest BCUT2D eigenvalue weighted by Gasteiger charge is -2.30. The van der Waals surface area contributed by atoms with E-state index in [9.17, 15) is 78.0 Å². The van der Waals surface area contributed by atoms with Crippen molar-refractivity contribution in [1.82, 2.24) is 0 Å². The number of likely N-dealkylation sites (N-methyl/N-ethyl adjacent to an activating group) is 2. The Bertz CT molecular complexity index is 2470. The van der Waals surface area contributed by atoms with Crippen molar-refractivity contribution in [3.63, 3.8) is 0 Å². The summed E-state index contributed by atoms with van der Waals surface area (Å²) in [5.74, 6) is -4.60. The zero-order valence-electron chi connectivity index (χ0n) is 40.4. The summed E-state index contributed by atoms with van der Waals surface area (Å²) in [4.78, 5) is 54.0. The number of alkyl halides is 4. The van der Waals surface area contributed by atoms with Crippen molar-refractivity contribution in [2.45, 2.75) is 0 Å². The van der Waals surface area contributed by atoms with E-state index in [-0.39, 0.29) is 106 Å². The number of hydrogen-bond donors (Lipinski definition) is 12. The lowest BCUT2D eigenvalue weighted by Crippen LogP contribution is -2.50. The first kappa shape index (κ1) is 56.3. The van der Waals surface area contributed by atoms with Gasteiger partial charge in [-0.1, -0.05) is 0 Å². The van der Waals surface area contributed by atoms with E-state index in [0.29, 0.717) is 37.6 Å². The van der Waals surface area contributed by atoms with E-state index in [1.807, 2.05) is 0 Å². The van der Waals surface area contributed by atoms with Crippen LogP contribution >= 0.6 is 0 Å². The molecule has 392 valence electrons. The number of carbonyl (C=O) groups excluding carboxylic acids is 4. The largest absolute Gasteiger partial charge is 0.507 e. The summed E-state index contributed by atoms with van der Waals surface area (Å²) in [5, 5.41) is 94.1. The van der Waals surface area contributed by atoms with Crippen LogP contribution in [0.2, 0.25) is 0 Å². The number of hydroxylamine groups is 12. The predicted molar refractivity (Wildman–Crippen MR) is 255 cm³/mol. The quantitative estimate of drug-likeness (QED) is 0.0171. The number of quaternary nitrogens is 4. The second kappa shape index (κ2) is 23.3. The Balaban J connectivity index is 0.000000274. The number of anilines is 4. The van der Waals surface area contributed by atoms with Gasteiger partial charge in [0, 0.05) is 22.7 Å². The molecule has 20 nitrogen and oxygen atoms in total. The predicted octanol–water partition coefficient (Wildman–Crippen LogP) is 4.62. The average molecular weight is 1020 g/mol. The van der Waals surface area contributed by atoms with Crippen LogP contribution in [0.1, 0.15) is 63.7 Å². The van der Waals surface area contributed by atoms with Gasteiger partial charge in [0.1, 0.15) is 102 Å². The van der Waals surface area contributed by atoms with Gasteiger partial charge in [0.2, 0.25) is 23.1 Å². The van der Waals surface area contributed by atoms with Crippen molar-refractivity contribution in [2.75, 3.05) is 155 Å². The number of carbonyl (C=O) groups is 4. The van der Waals surface area contributed by atoms with Gasteiger partial charge in [0.15, 0.2) is 0 Å². The lowest BCUT2D eigenvalue weighted by atomic mass is 9.81. The number of phenols is 4. The molecule has 0 saturated heterocycles. The average Bonchev–Trinajstić information content (AvgIpc) is 3.29. The smallest absolute Gasteiger partial charge is 0.200 e. The highest BCUT2D eigenvalue weighted by molar-refractivity contribution is 6.34. The Labute approximate surface area is 412 Å². The van der Waals surface area contributed by atoms with Crippen molar-refractivity contribution >= 4 is 45.9 Å². The molecule has 72 heavy (non-hydrogen) atoms. The van der Waals surface area contributed by atoms with Crippen LogP contribution in [0, 0.1) is 0 Å². The number of halogens is 4. The number of fused-ring (bicyclic) bond motifs is 4. The standard InChI is InChI=1S/C26H32F4N4O6.C22H28N4O6/c27-5-11-33(39,12-6-28)15-9-31-17-1-2-18(32-10-16-34(40,13-7-29)14-8-30)22-21(17)25(37)23-19(35)3-4-20(36)24(23)26(22)38;1-25(2,31)11-9-23-13-5-6-14(24-10-12-26(3,4)32)18-17(13)21(29)19-15(27)7-8-16(28)20(19)22(18)30/h1-4,39-40H,5-16H2,(H2-2,31,32,35,36,37,38);5-8,31-32H,9-12H2,1-4H3,(H2-2,23,24,27,28,29,30)/p+4. The first-order valence-corrected chi connectivity index (χ1v) is 23.0. The lowest BCUT2D eigenvalue weighted by molar-refractivity contribution is -1.10. The molecule has 0 amide bonds. The summed E-state index contributed by atoms with van der Waals surface area (Å²) in [7, 11) is 6.43. The summed E-state index contributed by atoms with van der Waals surface area (Å²) < 4.78 is 49.2. The van der Waals surface area contributed by atoms with Gasteiger partial charge in [-0.25, -0.2) is 38.4 Å². The zero-order valence-corrected chi connectivity index (χ0v) is 40.4. The Hall–Kier alpha value is -6.64. The van der Waals surface area contributed by atoms with Crippen molar-refractivity contribution in [3.05, 3.63) is 93.0 Å². The second-order valence-corrected chi connectivity index (χ2v) is 18.5. The molecular formula is C48H64F4N8O12+4. The highest BCUT2D eigenvalue weighted by Gasteiger charge is 2.40. The number of nitrogens with zero attached hydrogens (tertiary/aromatic N) is 4. The van der Waals surface area contributed by atoms with Crippen LogP contribution in [0.3, 0.4) is 0 Å². The van der Waals surface area contributed by atoms with Crippen LogP contribution in [-0.2, 0) is 0 Å². The fourth-order valence-electron chi connectivity index (χ4n) is 8.34. The fourth-order valence-corrected chi connectivity index (χ4v) is 8.34. The molecule has 6 rings (SSSR count). The van der Waals surface area contributed by atoms with Gasteiger partial charge < -0.3 is 41.7 Å². The molecule has 0 atom stereocenters. The Morgan fingerprint density at radius 1 is 0.347 bits per heavy atom. The van der Waals surface area contributed by atoms with Gasteiger partial charge in [-0.05, 0) is 48.5 Å². The topological polar surface area (TPSA) is 278 Å². The van der Waals surface area contributed by atoms with Gasteiger partial charge in [0.25, 0.3) is 0 Å². The molecule has 0 heterocycles. The molecule has 0 saturated carbocycles. The van der Waals surface area contributed by atoms with Crippen LogP contribution in [0.25, 0.3) is 0 Å². The summed E-state index contributed by atoms with van der Waals surface area (Å²) in [6.45, 7) is -3.98. The van der Waals surface area contributed by atoms with E-state index >= 15 is 0 Å². The number of aromatic hydroxyl groups is 4. The van der Waals surface area contributed by atoms with Crippen molar-refractivity contribution in [1.29, 1.82) is 0 Å². The van der Waals surface area contributed by atoms with Crippen LogP contribution in [-0.4, -0.2) is 216 Å². The Morgan fingerprint density at radius 2 is 0.556 bits per heavy atom. The van der Waals surface area contributed by atoms with Crippen LogP contribution in [0.5, 0.6) is 23.0 Å². The number of phenolic OH excluding ortho intramolecular Hbond substituents is 4. The van der Waals surface area contributed by atoms with E-state index in [1.54, 1.807) is 40.3 Å². The maximum atomic E-state index is 13.6. The number of rotatable bonds is 24. The highest BCUT2D eigenvalue weighted by atomic mass is 19.1. The molecule has 2 aliphatic rings. The minimum atomic E-state index is -0.898. The van der Waals surface area contributed by atoms with Crippen molar-refractivity contribution in [2.24, 2.45) is 0 Å². The number of ketones is 4. The third kappa shape index (κ3) is 13.1. The first-order valence-electron chi connectivity index (χ1n) is 23.0. The molecular weight excluding hydrogens is 957 g/mol. The van der Waals surface area contributed by atoms with E-state index < -0.39 is 93.2 Å². The molecule has 24 heteroatoms. The molecule has 4 aromatic rings. The minimum Gasteiger partial charge on any atom is -0.507 e. The van der Waals surface area contributed by atoms with Gasteiger partial charge in [-0.3, -0.25) is 19.2 Å². The maximum absolute atomic E-state index is 13.6. The van der Waals surface area contributed by atoms with Gasteiger partial charge >= 0.3 is 0 Å². The summed E-state index contributed by atoms with van der Waals surface area (Å²) in [6, 6.07) is 10.7. The fraction of sp³-hybridized carbons (Fsp3) is 0.417. The molecule has 4 aromatic carbocycles. The van der Waals surface area contributed by atoms with Gasteiger partial charge in [0.05, 0.1) is 98.9 Å². The van der Waals surface area contributed by atoms with Gasteiger partial charge in [-0.15, -0.1) is 0 Å². The monoisotopic (exact) mass is 1020 g/mol. The Kier molecular flexibility index (Phi) is 18.2. The molecule has 2 aliphatic carbocycles. The van der Waals surface area contributed by atoms with E-state index in [2.05, 4.69) is 21.3 Å². The number of benzene rings is 4. The molecule has 0 aromatic heterocycles. The maximum Gasteiger partial charge on any atom is 0.200 e. The van der Waals surface area contributed by atoms with E-state index in [4.69, 9.17) is 0 Å². The molecule has 0 fully saturated rings. The van der Waals surface area contributed by atoms with Crippen molar-refractivity contribution < 1.29 is 96.6 Å². The molecule has 0 unspecified atom stereocenters. The summed E-state index contributed by atoms with van der Waals surface area (Å²) in [6.07, 6.45) is 0. The van der Waals surface area contributed by atoms with Crippen LogP contribution in [0.15, 0.2) is 48.5 Å². The molecule has 0 aliphatic heterocycles. The summed E-state index contributed by atoms with van der Waals surface area (Å²) >= 11 is 0. The van der Waals surface area contributed by atoms with Gasteiger partial charge in [-0.2, -0.15) is 18.6 Å². The number of hydrogen-bond acceptors (Lipinski definition) is 16. The third-order valence-corrected chi connectivity index (χ3v) is 12.2. The first-order chi connectivity index (χ1) is 33.8. The number of nitrogens with one attached hydrogen (secondary N) is 4. The second-order valence-electron chi connectivity index (χ2n) is 18.5. The van der Waals surface area contributed by atoms with Crippen LogP contribution < -0.4 is 21.3 Å². The molecule has 0 bridgehead atoms. The van der Waals surface area contributed by atoms with Crippen molar-refractivity contribution in [3.8, 4) is 23.0 Å². The third-order valence-electron chi connectivity index (χ3n) is 12.2. The molecule has 0 spiro atoms. The summed E-state index contributed by atoms with van der Waals surface area (Å²) in [5.41, 5.74) is -0.447. The zero-order chi connectivity index (χ0) is 53.3. The highest BCUT2D eigenvalue weighted by Crippen LogP contribution is 2.44. The van der Waals surface area contributed by atoms with E-state index in [1.165, 1.54) is 24.3 Å². The minimum absolute atomic E-state index is 0.0486. The Morgan fingerprint density at radius 3 is 0.750 bits per heavy atom.